The van der Waals surface area contributed by atoms with Crippen LogP contribution in [0.5, 0.6) is 0 Å². The molecule has 0 spiro atoms. The fourth-order valence-corrected chi connectivity index (χ4v) is 2.20. The highest BCUT2D eigenvalue weighted by molar-refractivity contribution is 9.10. The molecule has 2 heteroatoms. The Bertz CT molecular complexity index is 652. The summed E-state index contributed by atoms with van der Waals surface area (Å²) in [6.45, 7) is 2.09. The Hall–Kier alpha value is -1.28. The van der Waals surface area contributed by atoms with Gasteiger partial charge < -0.3 is 4.42 Å². The predicted octanol–water partition coefficient (Wildman–Crippen LogP) is 4.66. The third kappa shape index (κ3) is 1.37. The van der Waals surface area contributed by atoms with Gasteiger partial charge in [0.25, 0.3) is 0 Å². The predicted molar refractivity (Wildman–Crippen MR) is 66.2 cm³/mol. The van der Waals surface area contributed by atoms with Crippen molar-refractivity contribution in [1.82, 2.24) is 0 Å². The molecule has 1 heterocycles. The van der Waals surface area contributed by atoms with Crippen molar-refractivity contribution in [2.75, 3.05) is 0 Å². The number of rotatable bonds is 0. The number of benzene rings is 2. The first-order valence-corrected chi connectivity index (χ1v) is 5.62. The first-order chi connectivity index (χ1) is 7.24. The lowest BCUT2D eigenvalue weighted by Crippen LogP contribution is -1.70. The molecule has 0 saturated carbocycles. The van der Waals surface area contributed by atoms with E-state index >= 15 is 0 Å². The second-order valence-corrected chi connectivity index (χ2v) is 4.66. The van der Waals surface area contributed by atoms with Crippen molar-refractivity contribution in [1.29, 1.82) is 0 Å². The van der Waals surface area contributed by atoms with Crippen molar-refractivity contribution in [3.63, 3.8) is 0 Å². The van der Waals surface area contributed by atoms with Crippen LogP contribution in [0, 0.1) is 6.92 Å². The first kappa shape index (κ1) is 8.98. The third-order valence-corrected chi connectivity index (χ3v) is 3.08. The van der Waals surface area contributed by atoms with Gasteiger partial charge in [-0.25, -0.2) is 0 Å². The first-order valence-electron chi connectivity index (χ1n) is 4.82. The molecule has 74 valence electrons. The van der Waals surface area contributed by atoms with Crippen LogP contribution in [0.3, 0.4) is 0 Å². The lowest BCUT2D eigenvalue weighted by atomic mass is 10.1. The second kappa shape index (κ2) is 3.11. The maximum Gasteiger partial charge on any atom is 0.136 e. The van der Waals surface area contributed by atoms with Crippen molar-refractivity contribution in [3.8, 4) is 0 Å². The highest BCUT2D eigenvalue weighted by Crippen LogP contribution is 2.30. The van der Waals surface area contributed by atoms with Gasteiger partial charge in [0.2, 0.25) is 0 Å². The van der Waals surface area contributed by atoms with Crippen LogP contribution in [-0.4, -0.2) is 0 Å². The van der Waals surface area contributed by atoms with E-state index in [0.29, 0.717) is 0 Å². The topological polar surface area (TPSA) is 13.1 Å². The van der Waals surface area contributed by atoms with Gasteiger partial charge in [0.15, 0.2) is 0 Å². The molecular formula is C13H9BrO. The van der Waals surface area contributed by atoms with E-state index in [0.717, 1.165) is 15.6 Å². The minimum Gasteiger partial charge on any atom is -0.456 e. The smallest absolute Gasteiger partial charge is 0.136 e. The number of furan rings is 1. The van der Waals surface area contributed by atoms with E-state index in [-0.39, 0.29) is 0 Å². The van der Waals surface area contributed by atoms with Gasteiger partial charge in [-0.15, -0.1) is 0 Å². The normalized spacial score (nSPS) is 11.3. The molecule has 1 nitrogen and oxygen atoms in total. The molecule has 0 atom stereocenters. The average molecular weight is 261 g/mol. The summed E-state index contributed by atoms with van der Waals surface area (Å²) < 4.78 is 6.81. The SMILES string of the molecule is Cc1ccc2oc3cc(Br)ccc3c2c1. The molecule has 2 aromatic carbocycles. The number of fused-ring (bicyclic) bond motifs is 3. The monoisotopic (exact) mass is 260 g/mol. The number of aryl methyl sites for hydroxylation is 1. The fourth-order valence-electron chi connectivity index (χ4n) is 1.86. The van der Waals surface area contributed by atoms with Gasteiger partial charge >= 0.3 is 0 Å². The summed E-state index contributed by atoms with van der Waals surface area (Å²) >= 11 is 3.44. The fraction of sp³-hybridized carbons (Fsp3) is 0.0769. The molecule has 0 N–H and O–H groups in total. The Labute approximate surface area is 95.8 Å². The average Bonchev–Trinajstić information content (AvgIpc) is 2.54. The Morgan fingerprint density at radius 2 is 1.80 bits per heavy atom. The standard InChI is InChI=1S/C13H9BrO/c1-8-2-5-12-11(6-8)10-4-3-9(14)7-13(10)15-12/h2-7H,1H3. The Morgan fingerprint density at radius 1 is 0.933 bits per heavy atom. The largest absolute Gasteiger partial charge is 0.456 e. The minimum absolute atomic E-state index is 0.935. The summed E-state index contributed by atoms with van der Waals surface area (Å²) in [5.74, 6) is 0. The summed E-state index contributed by atoms with van der Waals surface area (Å²) in [6.07, 6.45) is 0. The van der Waals surface area contributed by atoms with Crippen molar-refractivity contribution in [3.05, 3.63) is 46.4 Å². The molecular weight excluding hydrogens is 252 g/mol. The van der Waals surface area contributed by atoms with E-state index < -0.39 is 0 Å². The van der Waals surface area contributed by atoms with Gasteiger partial charge in [-0.3, -0.25) is 0 Å². The Morgan fingerprint density at radius 3 is 2.67 bits per heavy atom. The molecule has 0 bridgehead atoms. The quantitative estimate of drug-likeness (QED) is 0.573. The number of hydrogen-bond acceptors (Lipinski definition) is 1. The molecule has 15 heavy (non-hydrogen) atoms. The zero-order chi connectivity index (χ0) is 10.4. The van der Waals surface area contributed by atoms with Crippen LogP contribution in [0.4, 0.5) is 0 Å². The van der Waals surface area contributed by atoms with Crippen molar-refractivity contribution < 1.29 is 4.42 Å². The second-order valence-electron chi connectivity index (χ2n) is 3.74. The molecule has 0 saturated heterocycles. The van der Waals surface area contributed by atoms with Gasteiger partial charge in [-0.05, 0) is 37.3 Å². The Kier molecular flexibility index (Phi) is 1.86. The Balaban J connectivity index is 2.53. The van der Waals surface area contributed by atoms with Crippen molar-refractivity contribution >= 4 is 37.9 Å². The molecule has 3 rings (SSSR count). The summed E-state index contributed by atoms with van der Waals surface area (Å²) in [7, 11) is 0. The van der Waals surface area contributed by atoms with Gasteiger partial charge in [0.05, 0.1) is 0 Å². The van der Waals surface area contributed by atoms with Gasteiger partial charge in [-0.1, -0.05) is 27.6 Å². The minimum atomic E-state index is 0.935. The zero-order valence-corrected chi connectivity index (χ0v) is 9.84. The van der Waals surface area contributed by atoms with E-state index in [4.69, 9.17) is 4.42 Å². The number of halogens is 1. The van der Waals surface area contributed by atoms with Crippen molar-refractivity contribution in [2.45, 2.75) is 6.92 Å². The molecule has 0 aliphatic rings. The van der Waals surface area contributed by atoms with E-state index in [2.05, 4.69) is 41.1 Å². The maximum atomic E-state index is 5.76. The third-order valence-electron chi connectivity index (χ3n) is 2.59. The van der Waals surface area contributed by atoms with Crippen LogP contribution in [0.25, 0.3) is 21.9 Å². The molecule has 0 unspecified atom stereocenters. The summed E-state index contributed by atoms with van der Waals surface area (Å²) in [5.41, 5.74) is 3.15. The summed E-state index contributed by atoms with van der Waals surface area (Å²) in [6, 6.07) is 12.4. The highest BCUT2D eigenvalue weighted by atomic mass is 79.9. The van der Waals surface area contributed by atoms with Gasteiger partial charge in [0, 0.05) is 15.2 Å². The highest BCUT2D eigenvalue weighted by Gasteiger charge is 2.06. The van der Waals surface area contributed by atoms with Crippen molar-refractivity contribution in [2.24, 2.45) is 0 Å². The van der Waals surface area contributed by atoms with E-state index in [1.807, 2.05) is 18.2 Å². The van der Waals surface area contributed by atoms with Crippen LogP contribution in [0.2, 0.25) is 0 Å². The summed E-state index contributed by atoms with van der Waals surface area (Å²) in [4.78, 5) is 0. The molecule has 1 aromatic heterocycles. The van der Waals surface area contributed by atoms with Crippen LogP contribution < -0.4 is 0 Å². The van der Waals surface area contributed by atoms with Crippen LogP contribution in [-0.2, 0) is 0 Å². The lowest BCUT2D eigenvalue weighted by molar-refractivity contribution is 0.668. The molecule has 0 radical (unpaired) electrons. The summed E-state index contributed by atoms with van der Waals surface area (Å²) in [5, 5.41) is 2.37. The molecule has 0 aliphatic carbocycles. The maximum absolute atomic E-state index is 5.76. The molecule has 0 amide bonds. The lowest BCUT2D eigenvalue weighted by Gasteiger charge is -1.91. The van der Waals surface area contributed by atoms with Crippen LogP contribution >= 0.6 is 15.9 Å². The molecule has 0 aliphatic heterocycles. The van der Waals surface area contributed by atoms with Gasteiger partial charge in [0.1, 0.15) is 11.2 Å². The van der Waals surface area contributed by atoms with Crippen LogP contribution in [0.1, 0.15) is 5.56 Å². The van der Waals surface area contributed by atoms with E-state index in [9.17, 15) is 0 Å². The molecule has 3 aromatic rings. The van der Waals surface area contributed by atoms with E-state index in [1.165, 1.54) is 16.3 Å². The number of hydrogen-bond donors (Lipinski definition) is 0. The van der Waals surface area contributed by atoms with Crippen LogP contribution in [0.15, 0.2) is 45.3 Å². The zero-order valence-electron chi connectivity index (χ0n) is 8.25. The van der Waals surface area contributed by atoms with Gasteiger partial charge in [-0.2, -0.15) is 0 Å². The molecule has 0 fully saturated rings. The van der Waals surface area contributed by atoms with E-state index in [1.54, 1.807) is 0 Å².